The van der Waals surface area contributed by atoms with Gasteiger partial charge in [0.2, 0.25) is 5.91 Å². The summed E-state index contributed by atoms with van der Waals surface area (Å²) in [6, 6.07) is 20.7. The van der Waals surface area contributed by atoms with Gasteiger partial charge < -0.3 is 19.5 Å². The number of hydrogen-bond acceptors (Lipinski definition) is 7. The maximum absolute atomic E-state index is 14.0. The van der Waals surface area contributed by atoms with E-state index in [0.717, 1.165) is 5.69 Å². The van der Waals surface area contributed by atoms with Crippen molar-refractivity contribution >= 4 is 23.4 Å². The SMILES string of the molecule is COc1ccc(OC)c(NC(=O)CSc2nnc(COc3ccccc3F)n2-c2ccccc2)c1. The Morgan fingerprint density at radius 3 is 2.49 bits per heavy atom. The van der Waals surface area contributed by atoms with Gasteiger partial charge in [-0.05, 0) is 36.4 Å². The van der Waals surface area contributed by atoms with Crippen LogP contribution in [0.5, 0.6) is 17.2 Å². The average Bonchev–Trinajstić information content (AvgIpc) is 3.30. The van der Waals surface area contributed by atoms with Crippen LogP contribution in [0.2, 0.25) is 0 Å². The van der Waals surface area contributed by atoms with Gasteiger partial charge in [-0.3, -0.25) is 9.36 Å². The molecule has 1 heterocycles. The molecule has 180 valence electrons. The number of benzene rings is 3. The number of thioether (sulfide) groups is 1. The number of nitrogens with zero attached hydrogens (tertiary/aromatic N) is 3. The monoisotopic (exact) mass is 494 g/mol. The van der Waals surface area contributed by atoms with Gasteiger partial charge in [-0.1, -0.05) is 42.1 Å². The smallest absolute Gasteiger partial charge is 0.234 e. The third kappa shape index (κ3) is 5.90. The van der Waals surface area contributed by atoms with Gasteiger partial charge >= 0.3 is 0 Å². The molecule has 0 saturated heterocycles. The highest BCUT2D eigenvalue weighted by Crippen LogP contribution is 2.30. The van der Waals surface area contributed by atoms with Crippen LogP contribution in [0.25, 0.3) is 5.69 Å². The first-order valence-corrected chi connectivity index (χ1v) is 11.6. The van der Waals surface area contributed by atoms with E-state index < -0.39 is 5.82 Å². The van der Waals surface area contributed by atoms with Crippen LogP contribution in [0.4, 0.5) is 10.1 Å². The molecule has 4 aromatic rings. The first-order chi connectivity index (χ1) is 17.1. The van der Waals surface area contributed by atoms with E-state index in [1.807, 2.05) is 30.3 Å². The molecule has 0 bridgehead atoms. The zero-order valence-electron chi connectivity index (χ0n) is 19.1. The summed E-state index contributed by atoms with van der Waals surface area (Å²) in [6.45, 7) is -0.00338. The molecule has 4 rings (SSSR count). The number of ether oxygens (including phenoxy) is 3. The van der Waals surface area contributed by atoms with Crippen molar-refractivity contribution in [2.45, 2.75) is 11.8 Å². The number of anilines is 1. The van der Waals surface area contributed by atoms with Gasteiger partial charge in [0.25, 0.3) is 0 Å². The molecule has 0 spiro atoms. The Balaban J connectivity index is 1.50. The van der Waals surface area contributed by atoms with Crippen molar-refractivity contribution in [3.8, 4) is 22.9 Å². The molecule has 0 atom stereocenters. The highest BCUT2D eigenvalue weighted by Gasteiger charge is 2.18. The number of amides is 1. The van der Waals surface area contributed by atoms with Crippen LogP contribution >= 0.6 is 11.8 Å². The minimum atomic E-state index is -0.461. The lowest BCUT2D eigenvalue weighted by Crippen LogP contribution is -2.15. The number of para-hydroxylation sites is 2. The third-order valence-corrected chi connectivity index (χ3v) is 5.85. The summed E-state index contributed by atoms with van der Waals surface area (Å²) in [6.07, 6.45) is 0. The van der Waals surface area contributed by atoms with Crippen LogP contribution in [0.15, 0.2) is 78.0 Å². The maximum Gasteiger partial charge on any atom is 0.234 e. The first-order valence-electron chi connectivity index (χ1n) is 10.6. The van der Waals surface area contributed by atoms with Crippen molar-refractivity contribution in [2.75, 3.05) is 25.3 Å². The zero-order valence-corrected chi connectivity index (χ0v) is 19.9. The van der Waals surface area contributed by atoms with E-state index >= 15 is 0 Å². The number of rotatable bonds is 10. The molecule has 1 amide bonds. The Kier molecular flexibility index (Phi) is 7.84. The largest absolute Gasteiger partial charge is 0.497 e. The van der Waals surface area contributed by atoms with E-state index in [2.05, 4.69) is 15.5 Å². The summed E-state index contributed by atoms with van der Waals surface area (Å²) < 4.78 is 31.9. The third-order valence-electron chi connectivity index (χ3n) is 4.92. The molecule has 0 aliphatic heterocycles. The van der Waals surface area contributed by atoms with Crippen molar-refractivity contribution in [3.05, 3.63) is 84.4 Å². The van der Waals surface area contributed by atoms with Crippen LogP contribution in [-0.2, 0) is 11.4 Å². The average molecular weight is 495 g/mol. The van der Waals surface area contributed by atoms with Gasteiger partial charge in [0, 0.05) is 11.8 Å². The number of hydrogen-bond donors (Lipinski definition) is 1. The first kappa shape index (κ1) is 24.1. The molecule has 0 saturated carbocycles. The lowest BCUT2D eigenvalue weighted by molar-refractivity contribution is -0.113. The quantitative estimate of drug-likeness (QED) is 0.319. The highest BCUT2D eigenvalue weighted by atomic mass is 32.2. The lowest BCUT2D eigenvalue weighted by atomic mass is 10.2. The molecule has 10 heteroatoms. The van der Waals surface area contributed by atoms with Gasteiger partial charge in [-0.25, -0.2) is 4.39 Å². The molecular weight excluding hydrogens is 471 g/mol. The number of methoxy groups -OCH3 is 2. The van der Waals surface area contributed by atoms with Gasteiger partial charge in [-0.15, -0.1) is 10.2 Å². The predicted molar refractivity (Wildman–Crippen MR) is 131 cm³/mol. The number of nitrogens with one attached hydrogen (secondary N) is 1. The van der Waals surface area contributed by atoms with Crippen LogP contribution in [0.1, 0.15) is 5.82 Å². The lowest BCUT2D eigenvalue weighted by Gasteiger charge is -2.13. The van der Waals surface area contributed by atoms with E-state index in [-0.39, 0.29) is 24.0 Å². The van der Waals surface area contributed by atoms with Crippen LogP contribution in [0, 0.1) is 5.82 Å². The number of carbonyl (C=O) groups is 1. The molecule has 0 aliphatic carbocycles. The fourth-order valence-electron chi connectivity index (χ4n) is 3.26. The summed E-state index contributed by atoms with van der Waals surface area (Å²) in [4.78, 5) is 12.7. The summed E-state index contributed by atoms with van der Waals surface area (Å²) in [7, 11) is 3.08. The zero-order chi connectivity index (χ0) is 24.6. The second-order valence-electron chi connectivity index (χ2n) is 7.19. The summed E-state index contributed by atoms with van der Waals surface area (Å²) >= 11 is 1.21. The van der Waals surface area contributed by atoms with E-state index in [9.17, 15) is 9.18 Å². The minimum Gasteiger partial charge on any atom is -0.497 e. The predicted octanol–water partition coefficient (Wildman–Crippen LogP) is 4.73. The van der Waals surface area contributed by atoms with Gasteiger partial charge in [0.1, 0.15) is 18.1 Å². The molecule has 1 aromatic heterocycles. The molecule has 1 N–H and O–H groups in total. The molecule has 3 aromatic carbocycles. The molecular formula is C25H23FN4O4S. The molecule has 8 nitrogen and oxygen atoms in total. The molecule has 0 unspecified atom stereocenters. The fraction of sp³-hybridized carbons (Fsp3) is 0.160. The van der Waals surface area contributed by atoms with Crippen LogP contribution < -0.4 is 19.5 Å². The van der Waals surface area contributed by atoms with Crippen LogP contribution in [0.3, 0.4) is 0 Å². The van der Waals surface area contributed by atoms with Crippen molar-refractivity contribution in [3.63, 3.8) is 0 Å². The van der Waals surface area contributed by atoms with Crippen molar-refractivity contribution in [1.82, 2.24) is 14.8 Å². The van der Waals surface area contributed by atoms with Crippen LogP contribution in [-0.4, -0.2) is 40.6 Å². The Labute approximate surface area is 206 Å². The summed E-state index contributed by atoms with van der Waals surface area (Å²) in [5.41, 5.74) is 1.29. The fourth-order valence-corrected chi connectivity index (χ4v) is 4.03. The Morgan fingerprint density at radius 2 is 1.74 bits per heavy atom. The van der Waals surface area contributed by atoms with E-state index in [0.29, 0.717) is 28.2 Å². The number of aromatic nitrogens is 3. The molecule has 0 aliphatic rings. The standard InChI is InChI=1S/C25H23FN4O4S/c1-32-18-12-13-22(33-2)20(14-18)27-24(31)16-35-25-29-28-23(30(25)17-8-4-3-5-9-17)15-34-21-11-7-6-10-19(21)26/h3-14H,15-16H2,1-2H3,(H,27,31). The second kappa shape index (κ2) is 11.4. The number of halogens is 1. The van der Waals surface area contributed by atoms with Crippen molar-refractivity contribution in [2.24, 2.45) is 0 Å². The normalized spacial score (nSPS) is 10.6. The van der Waals surface area contributed by atoms with Crippen molar-refractivity contribution < 1.29 is 23.4 Å². The second-order valence-corrected chi connectivity index (χ2v) is 8.13. The van der Waals surface area contributed by atoms with Gasteiger partial charge in [-0.2, -0.15) is 0 Å². The molecule has 0 fully saturated rings. The Morgan fingerprint density at radius 1 is 0.971 bits per heavy atom. The minimum absolute atomic E-state index is 0.00338. The highest BCUT2D eigenvalue weighted by molar-refractivity contribution is 7.99. The Bertz CT molecular complexity index is 1300. The topological polar surface area (TPSA) is 87.5 Å². The number of carbonyl (C=O) groups excluding carboxylic acids is 1. The van der Waals surface area contributed by atoms with E-state index in [1.165, 1.54) is 24.9 Å². The molecule has 35 heavy (non-hydrogen) atoms. The van der Waals surface area contributed by atoms with Gasteiger partial charge in [0.05, 0.1) is 25.7 Å². The van der Waals surface area contributed by atoms with E-state index in [1.54, 1.807) is 48.1 Å². The summed E-state index contributed by atoms with van der Waals surface area (Å²) in [5.74, 6) is 1.05. The Hall–Kier alpha value is -4.05. The molecule has 0 radical (unpaired) electrons. The summed E-state index contributed by atoms with van der Waals surface area (Å²) in [5, 5.41) is 11.8. The van der Waals surface area contributed by atoms with E-state index in [4.69, 9.17) is 14.2 Å². The maximum atomic E-state index is 14.0. The van der Waals surface area contributed by atoms with Gasteiger partial charge in [0.15, 0.2) is 22.5 Å². The van der Waals surface area contributed by atoms with Crippen molar-refractivity contribution in [1.29, 1.82) is 0 Å².